The molecule has 1 saturated heterocycles. The van der Waals surface area contributed by atoms with Crippen molar-refractivity contribution in [3.8, 4) is 0 Å². The monoisotopic (exact) mass is 336 g/mol. The van der Waals surface area contributed by atoms with Crippen molar-refractivity contribution in [2.75, 3.05) is 25.0 Å². The third-order valence-electron chi connectivity index (χ3n) is 4.44. The number of rotatable bonds is 5. The van der Waals surface area contributed by atoms with E-state index >= 15 is 0 Å². The molecule has 0 aliphatic carbocycles. The maximum atomic E-state index is 13.6. The summed E-state index contributed by atoms with van der Waals surface area (Å²) in [4.78, 5) is 26.3. The smallest absolute Gasteiger partial charge is 0.310 e. The molecule has 6 heteroatoms. The quantitative estimate of drug-likeness (QED) is 0.840. The molecule has 0 bridgehead atoms. The van der Waals surface area contributed by atoms with E-state index in [1.54, 1.807) is 32.9 Å². The maximum absolute atomic E-state index is 13.6. The molecular weight excluding hydrogens is 311 g/mol. The number of ether oxygens (including phenoxy) is 1. The van der Waals surface area contributed by atoms with Crippen LogP contribution in [0.5, 0.6) is 0 Å². The number of nitrogens with zero attached hydrogens (tertiary/aromatic N) is 1. The van der Waals surface area contributed by atoms with Crippen molar-refractivity contribution in [1.29, 1.82) is 0 Å². The number of esters is 1. The molecule has 0 radical (unpaired) electrons. The van der Waals surface area contributed by atoms with Crippen molar-refractivity contribution >= 4 is 17.6 Å². The number of halogens is 1. The van der Waals surface area contributed by atoms with E-state index in [1.807, 2.05) is 4.90 Å². The van der Waals surface area contributed by atoms with Gasteiger partial charge in [0.15, 0.2) is 0 Å². The Morgan fingerprint density at radius 2 is 2.21 bits per heavy atom. The Hall–Kier alpha value is -1.95. The van der Waals surface area contributed by atoms with Crippen LogP contribution in [0.4, 0.5) is 10.1 Å². The van der Waals surface area contributed by atoms with Crippen LogP contribution in [0.25, 0.3) is 0 Å². The van der Waals surface area contributed by atoms with E-state index in [2.05, 4.69) is 5.32 Å². The van der Waals surface area contributed by atoms with E-state index in [4.69, 9.17) is 4.74 Å². The second-order valence-electron chi connectivity index (χ2n) is 6.22. The van der Waals surface area contributed by atoms with E-state index in [0.29, 0.717) is 24.4 Å². The first-order chi connectivity index (χ1) is 11.4. The van der Waals surface area contributed by atoms with Gasteiger partial charge in [-0.2, -0.15) is 0 Å². The van der Waals surface area contributed by atoms with E-state index < -0.39 is 6.04 Å². The van der Waals surface area contributed by atoms with Crippen molar-refractivity contribution in [2.24, 2.45) is 5.92 Å². The molecule has 2 unspecified atom stereocenters. The van der Waals surface area contributed by atoms with E-state index in [9.17, 15) is 14.0 Å². The van der Waals surface area contributed by atoms with Crippen LogP contribution in [0, 0.1) is 18.7 Å². The summed E-state index contributed by atoms with van der Waals surface area (Å²) in [6, 6.07) is 4.23. The fraction of sp³-hybridized carbons (Fsp3) is 0.556. The zero-order valence-electron chi connectivity index (χ0n) is 14.5. The summed E-state index contributed by atoms with van der Waals surface area (Å²) in [7, 11) is 0. The number of aryl methyl sites for hydroxylation is 1. The predicted octanol–water partition coefficient (Wildman–Crippen LogP) is 2.74. The fourth-order valence-electron chi connectivity index (χ4n) is 2.89. The van der Waals surface area contributed by atoms with Gasteiger partial charge in [0.25, 0.3) is 0 Å². The highest BCUT2D eigenvalue weighted by Gasteiger charge is 2.31. The first-order valence-electron chi connectivity index (χ1n) is 8.40. The zero-order chi connectivity index (χ0) is 17.7. The number of piperidine rings is 1. The van der Waals surface area contributed by atoms with Crippen LogP contribution in [-0.2, 0) is 14.3 Å². The molecule has 132 valence electrons. The molecule has 1 aromatic carbocycles. The summed E-state index contributed by atoms with van der Waals surface area (Å²) in [5.74, 6) is -0.940. The Balaban J connectivity index is 1.96. The maximum Gasteiger partial charge on any atom is 0.310 e. The van der Waals surface area contributed by atoms with Gasteiger partial charge in [0, 0.05) is 12.2 Å². The predicted molar refractivity (Wildman–Crippen MR) is 90.2 cm³/mol. The number of anilines is 1. The molecule has 1 fully saturated rings. The first kappa shape index (κ1) is 18.4. The minimum Gasteiger partial charge on any atom is -0.466 e. The second-order valence-corrected chi connectivity index (χ2v) is 6.22. The summed E-state index contributed by atoms with van der Waals surface area (Å²) in [5, 5.41) is 2.74. The average Bonchev–Trinajstić information content (AvgIpc) is 2.57. The standard InChI is InChI=1S/C18H25FN2O3/c1-4-24-18(23)14-6-5-9-21(11-14)13(3)17(22)20-15-8-7-12(2)16(19)10-15/h7-8,10,13-14H,4-6,9,11H2,1-3H3,(H,20,22). The third kappa shape index (κ3) is 4.54. The molecule has 1 aromatic rings. The van der Waals surface area contributed by atoms with Gasteiger partial charge in [-0.3, -0.25) is 14.5 Å². The Morgan fingerprint density at radius 1 is 1.46 bits per heavy atom. The molecule has 1 aliphatic heterocycles. The number of benzene rings is 1. The van der Waals surface area contributed by atoms with Crippen molar-refractivity contribution in [3.63, 3.8) is 0 Å². The lowest BCUT2D eigenvalue weighted by molar-refractivity contribution is -0.150. The van der Waals surface area contributed by atoms with Crippen LogP contribution in [0.1, 0.15) is 32.3 Å². The Labute approximate surface area is 142 Å². The molecule has 2 atom stereocenters. The molecule has 1 amide bonds. The van der Waals surface area contributed by atoms with Gasteiger partial charge in [0.1, 0.15) is 5.82 Å². The molecule has 5 nitrogen and oxygen atoms in total. The van der Waals surface area contributed by atoms with E-state index in [-0.39, 0.29) is 23.6 Å². The fourth-order valence-corrected chi connectivity index (χ4v) is 2.89. The van der Waals surface area contributed by atoms with Crippen LogP contribution in [-0.4, -0.2) is 42.5 Å². The van der Waals surface area contributed by atoms with Gasteiger partial charge in [0.2, 0.25) is 5.91 Å². The molecule has 24 heavy (non-hydrogen) atoms. The third-order valence-corrected chi connectivity index (χ3v) is 4.44. The number of carbonyl (C=O) groups is 2. The Morgan fingerprint density at radius 3 is 2.88 bits per heavy atom. The van der Waals surface area contributed by atoms with E-state index in [0.717, 1.165) is 19.4 Å². The van der Waals surface area contributed by atoms with Crippen LogP contribution in [0.2, 0.25) is 0 Å². The summed E-state index contributed by atoms with van der Waals surface area (Å²) in [6.45, 7) is 6.89. The number of amides is 1. The summed E-state index contributed by atoms with van der Waals surface area (Å²) < 4.78 is 18.7. The highest BCUT2D eigenvalue weighted by Crippen LogP contribution is 2.21. The van der Waals surface area contributed by atoms with Gasteiger partial charge < -0.3 is 10.1 Å². The largest absolute Gasteiger partial charge is 0.466 e. The Kier molecular flexibility index (Phi) is 6.31. The summed E-state index contributed by atoms with van der Waals surface area (Å²) >= 11 is 0. The van der Waals surface area contributed by atoms with Crippen LogP contribution in [0.15, 0.2) is 18.2 Å². The number of carbonyl (C=O) groups excluding carboxylic acids is 2. The normalized spacial score (nSPS) is 19.6. The number of likely N-dealkylation sites (tertiary alicyclic amines) is 1. The Bertz CT molecular complexity index is 606. The van der Waals surface area contributed by atoms with Crippen molar-refractivity contribution in [3.05, 3.63) is 29.6 Å². The second kappa shape index (κ2) is 8.24. The molecule has 0 aromatic heterocycles. The SMILES string of the molecule is CCOC(=O)C1CCCN(C(C)C(=O)Nc2ccc(C)c(F)c2)C1. The van der Waals surface area contributed by atoms with Gasteiger partial charge in [-0.05, 0) is 57.9 Å². The lowest BCUT2D eigenvalue weighted by atomic mass is 9.97. The minimum absolute atomic E-state index is 0.189. The van der Waals surface area contributed by atoms with Gasteiger partial charge in [-0.15, -0.1) is 0 Å². The molecule has 2 rings (SSSR count). The van der Waals surface area contributed by atoms with Crippen molar-refractivity contribution in [1.82, 2.24) is 4.90 Å². The molecule has 0 saturated carbocycles. The molecule has 0 spiro atoms. The molecular formula is C18H25FN2O3. The van der Waals surface area contributed by atoms with Gasteiger partial charge >= 0.3 is 5.97 Å². The number of hydrogen-bond acceptors (Lipinski definition) is 4. The van der Waals surface area contributed by atoms with E-state index in [1.165, 1.54) is 6.07 Å². The van der Waals surface area contributed by atoms with Gasteiger partial charge in [-0.1, -0.05) is 6.07 Å². The molecule has 1 heterocycles. The van der Waals surface area contributed by atoms with Gasteiger partial charge in [0.05, 0.1) is 18.6 Å². The van der Waals surface area contributed by atoms with Gasteiger partial charge in [-0.25, -0.2) is 4.39 Å². The average molecular weight is 336 g/mol. The lowest BCUT2D eigenvalue weighted by Crippen LogP contribution is -2.48. The summed E-state index contributed by atoms with van der Waals surface area (Å²) in [6.07, 6.45) is 1.63. The first-order valence-corrected chi connectivity index (χ1v) is 8.40. The topological polar surface area (TPSA) is 58.6 Å². The van der Waals surface area contributed by atoms with Crippen LogP contribution < -0.4 is 5.32 Å². The molecule has 1 N–H and O–H groups in total. The highest BCUT2D eigenvalue weighted by atomic mass is 19.1. The number of hydrogen-bond donors (Lipinski definition) is 1. The van der Waals surface area contributed by atoms with Crippen LogP contribution in [0.3, 0.4) is 0 Å². The minimum atomic E-state index is -0.397. The summed E-state index contributed by atoms with van der Waals surface area (Å²) in [5.41, 5.74) is 0.975. The highest BCUT2D eigenvalue weighted by molar-refractivity contribution is 5.94. The lowest BCUT2D eigenvalue weighted by Gasteiger charge is -2.35. The number of nitrogens with one attached hydrogen (secondary N) is 1. The van der Waals surface area contributed by atoms with Crippen molar-refractivity contribution < 1.29 is 18.7 Å². The molecule has 1 aliphatic rings. The van der Waals surface area contributed by atoms with Crippen LogP contribution >= 0.6 is 0 Å². The van der Waals surface area contributed by atoms with Crippen molar-refractivity contribution in [2.45, 2.75) is 39.7 Å². The zero-order valence-corrected chi connectivity index (χ0v) is 14.5.